The maximum absolute atomic E-state index is 11.8. The molecule has 1 aromatic carbocycles. The summed E-state index contributed by atoms with van der Waals surface area (Å²) in [7, 11) is 5.79. The minimum atomic E-state index is -0.0232. The highest BCUT2D eigenvalue weighted by Crippen LogP contribution is 2.03. The Hall–Kier alpha value is -0.470. The molecule has 0 spiro atoms. The Labute approximate surface area is 142 Å². The Bertz CT molecular complexity index is 371. The zero-order valence-corrected chi connectivity index (χ0v) is 15.5. The number of amides is 1. The largest absolute Gasteiger partial charge is 0.351 e. The molecular weight excluding hydrogens is 388 g/mol. The van der Waals surface area contributed by atoms with E-state index in [9.17, 15) is 4.79 Å². The van der Waals surface area contributed by atoms with Crippen LogP contribution in [0.2, 0.25) is 0 Å². The second-order valence-electron chi connectivity index (χ2n) is 4.36. The first-order valence-corrected chi connectivity index (χ1v) is 6.05. The van der Waals surface area contributed by atoms with Crippen molar-refractivity contribution < 1.29 is 4.79 Å². The molecule has 0 unspecified atom stereocenters. The Morgan fingerprint density at radius 2 is 1.75 bits per heavy atom. The van der Waals surface area contributed by atoms with Gasteiger partial charge in [0, 0.05) is 25.2 Å². The maximum Gasteiger partial charge on any atom is 0.251 e. The fourth-order valence-electron chi connectivity index (χ4n) is 1.46. The molecule has 0 radical (unpaired) electrons. The molecular formula is C13H24Br2N4O. The Kier molecular flexibility index (Phi) is 13.4. The molecule has 0 bridgehead atoms. The van der Waals surface area contributed by atoms with Gasteiger partial charge in [0.1, 0.15) is 0 Å². The van der Waals surface area contributed by atoms with Gasteiger partial charge in [-0.05, 0) is 38.8 Å². The van der Waals surface area contributed by atoms with Crippen LogP contribution in [0.1, 0.15) is 15.9 Å². The van der Waals surface area contributed by atoms with Gasteiger partial charge in [-0.1, -0.05) is 12.1 Å². The van der Waals surface area contributed by atoms with Crippen molar-refractivity contribution in [2.75, 3.05) is 34.2 Å². The highest BCUT2D eigenvalue weighted by atomic mass is 79.9. The lowest BCUT2D eigenvalue weighted by Gasteiger charge is -2.10. The summed E-state index contributed by atoms with van der Waals surface area (Å²) in [5.41, 5.74) is 7.69. The van der Waals surface area contributed by atoms with Gasteiger partial charge < -0.3 is 10.2 Å². The fourth-order valence-corrected chi connectivity index (χ4v) is 1.46. The summed E-state index contributed by atoms with van der Waals surface area (Å²) in [6.45, 7) is 2.24. The van der Waals surface area contributed by atoms with Crippen LogP contribution < -0.4 is 16.2 Å². The summed E-state index contributed by atoms with van der Waals surface area (Å²) in [6.07, 6.45) is 0. The SMILES string of the molecule is Br.Br.CNNCc1ccc(C(=O)NCCN(C)C)cc1. The summed E-state index contributed by atoms with van der Waals surface area (Å²) in [5.74, 6) is -0.0232. The van der Waals surface area contributed by atoms with E-state index in [0.717, 1.165) is 18.7 Å². The van der Waals surface area contributed by atoms with Crippen LogP contribution in [0.25, 0.3) is 0 Å². The molecule has 0 aliphatic rings. The zero-order valence-electron chi connectivity index (χ0n) is 12.1. The van der Waals surface area contributed by atoms with Crippen LogP contribution in [0.15, 0.2) is 24.3 Å². The van der Waals surface area contributed by atoms with Gasteiger partial charge in [0.15, 0.2) is 0 Å². The topological polar surface area (TPSA) is 56.4 Å². The van der Waals surface area contributed by atoms with E-state index in [0.29, 0.717) is 12.1 Å². The number of benzene rings is 1. The van der Waals surface area contributed by atoms with Crippen molar-refractivity contribution in [1.82, 2.24) is 21.1 Å². The van der Waals surface area contributed by atoms with Gasteiger partial charge in [-0.15, -0.1) is 34.0 Å². The van der Waals surface area contributed by atoms with Gasteiger partial charge in [-0.2, -0.15) is 0 Å². The van der Waals surface area contributed by atoms with Crippen LogP contribution >= 0.6 is 34.0 Å². The minimum Gasteiger partial charge on any atom is -0.351 e. The number of nitrogens with zero attached hydrogens (tertiary/aromatic N) is 1. The number of hydrazine groups is 1. The molecule has 7 heteroatoms. The first-order valence-electron chi connectivity index (χ1n) is 6.05. The van der Waals surface area contributed by atoms with Gasteiger partial charge in [0.05, 0.1) is 0 Å². The number of carbonyl (C=O) groups excluding carboxylic acids is 1. The van der Waals surface area contributed by atoms with E-state index in [4.69, 9.17) is 0 Å². The number of hydrogen-bond donors (Lipinski definition) is 3. The third kappa shape index (κ3) is 8.65. The van der Waals surface area contributed by atoms with Gasteiger partial charge in [-0.3, -0.25) is 15.6 Å². The lowest BCUT2D eigenvalue weighted by Crippen LogP contribution is -2.31. The molecule has 0 fully saturated rings. The number of rotatable bonds is 7. The lowest BCUT2D eigenvalue weighted by molar-refractivity contribution is 0.0951. The fraction of sp³-hybridized carbons (Fsp3) is 0.462. The quantitative estimate of drug-likeness (QED) is 0.593. The predicted molar refractivity (Wildman–Crippen MR) is 93.9 cm³/mol. The van der Waals surface area contributed by atoms with Crippen LogP contribution in [0.5, 0.6) is 0 Å². The molecule has 3 N–H and O–H groups in total. The molecule has 0 saturated carbocycles. The van der Waals surface area contributed by atoms with Crippen LogP contribution in [0, 0.1) is 0 Å². The Morgan fingerprint density at radius 3 is 2.25 bits per heavy atom. The maximum atomic E-state index is 11.8. The third-order valence-corrected chi connectivity index (χ3v) is 2.53. The molecule has 0 atom stereocenters. The highest BCUT2D eigenvalue weighted by molar-refractivity contribution is 8.93. The second kappa shape index (κ2) is 12.3. The van der Waals surface area contributed by atoms with Gasteiger partial charge in [0.25, 0.3) is 5.91 Å². The van der Waals surface area contributed by atoms with Gasteiger partial charge in [0.2, 0.25) is 0 Å². The van der Waals surface area contributed by atoms with E-state index in [1.54, 1.807) is 0 Å². The lowest BCUT2D eigenvalue weighted by atomic mass is 10.1. The van der Waals surface area contributed by atoms with E-state index in [-0.39, 0.29) is 39.9 Å². The monoisotopic (exact) mass is 410 g/mol. The normalized spacial score (nSPS) is 9.60. The predicted octanol–water partition coefficient (Wildman–Crippen LogP) is 1.36. The average Bonchev–Trinajstić information content (AvgIpc) is 2.36. The smallest absolute Gasteiger partial charge is 0.251 e. The molecule has 1 aromatic rings. The molecule has 0 aliphatic heterocycles. The second-order valence-corrected chi connectivity index (χ2v) is 4.36. The van der Waals surface area contributed by atoms with Crippen LogP contribution in [-0.4, -0.2) is 45.0 Å². The molecule has 1 amide bonds. The first-order chi connectivity index (χ1) is 8.63. The van der Waals surface area contributed by atoms with E-state index in [2.05, 4.69) is 16.2 Å². The van der Waals surface area contributed by atoms with Crippen molar-refractivity contribution in [2.45, 2.75) is 6.54 Å². The van der Waals surface area contributed by atoms with Crippen LogP contribution in [0.4, 0.5) is 0 Å². The molecule has 0 aliphatic carbocycles. The zero-order chi connectivity index (χ0) is 13.4. The molecule has 0 heterocycles. The number of nitrogens with one attached hydrogen (secondary N) is 3. The number of likely N-dealkylation sites (N-methyl/N-ethyl adjacent to an activating group) is 1. The van der Waals surface area contributed by atoms with Crippen molar-refractivity contribution >= 4 is 39.9 Å². The van der Waals surface area contributed by atoms with Crippen molar-refractivity contribution in [2.24, 2.45) is 0 Å². The average molecular weight is 412 g/mol. The molecule has 20 heavy (non-hydrogen) atoms. The van der Waals surface area contributed by atoms with Gasteiger partial charge in [-0.25, -0.2) is 0 Å². The Morgan fingerprint density at radius 1 is 1.15 bits per heavy atom. The number of carbonyl (C=O) groups is 1. The summed E-state index contributed by atoms with van der Waals surface area (Å²) in [4.78, 5) is 13.8. The molecule has 5 nitrogen and oxygen atoms in total. The third-order valence-electron chi connectivity index (χ3n) is 2.53. The van der Waals surface area contributed by atoms with E-state index in [1.807, 2.05) is 50.3 Å². The minimum absolute atomic E-state index is 0. The van der Waals surface area contributed by atoms with Crippen molar-refractivity contribution in [3.8, 4) is 0 Å². The standard InChI is InChI=1S/C13H22N4O.2BrH/c1-14-16-10-11-4-6-12(7-5-11)13(18)15-8-9-17(2)3;;/h4-7,14,16H,8-10H2,1-3H3,(H,15,18);2*1H. The molecule has 0 saturated heterocycles. The molecule has 1 rings (SSSR count). The number of hydrogen-bond acceptors (Lipinski definition) is 4. The van der Waals surface area contributed by atoms with Crippen LogP contribution in [0.3, 0.4) is 0 Å². The van der Waals surface area contributed by atoms with E-state index >= 15 is 0 Å². The molecule has 116 valence electrons. The summed E-state index contributed by atoms with van der Waals surface area (Å²) in [6, 6.07) is 7.59. The van der Waals surface area contributed by atoms with Crippen molar-refractivity contribution in [1.29, 1.82) is 0 Å². The van der Waals surface area contributed by atoms with Crippen molar-refractivity contribution in [3.63, 3.8) is 0 Å². The van der Waals surface area contributed by atoms with E-state index < -0.39 is 0 Å². The highest BCUT2D eigenvalue weighted by Gasteiger charge is 2.04. The molecule has 0 aromatic heterocycles. The number of halogens is 2. The van der Waals surface area contributed by atoms with Crippen molar-refractivity contribution in [3.05, 3.63) is 35.4 Å². The van der Waals surface area contributed by atoms with Gasteiger partial charge >= 0.3 is 0 Å². The summed E-state index contributed by atoms with van der Waals surface area (Å²) < 4.78 is 0. The Balaban J connectivity index is 0. The first kappa shape index (κ1) is 21.8. The van der Waals surface area contributed by atoms with E-state index in [1.165, 1.54) is 0 Å². The summed E-state index contributed by atoms with van der Waals surface area (Å²) in [5, 5.41) is 2.88. The van der Waals surface area contributed by atoms with Crippen LogP contribution in [-0.2, 0) is 6.54 Å². The summed E-state index contributed by atoms with van der Waals surface area (Å²) >= 11 is 0.